The lowest BCUT2D eigenvalue weighted by molar-refractivity contribution is 0.651. The van der Waals surface area contributed by atoms with Gasteiger partial charge in [0.1, 0.15) is 11.3 Å². The molecular formula is C10H15N5O2. The van der Waals surface area contributed by atoms with Crippen LogP contribution in [-0.2, 0) is 6.54 Å². The zero-order chi connectivity index (χ0) is 12.6. The molecule has 92 valence electrons. The average Bonchev–Trinajstić information content (AvgIpc) is 2.69. The van der Waals surface area contributed by atoms with Crippen LogP contribution in [0.15, 0.2) is 9.59 Å². The molecule has 0 fully saturated rings. The largest absolute Gasteiger partial charge is 0.335 e. The number of aryl methyl sites for hydroxylation is 1. The van der Waals surface area contributed by atoms with Crippen molar-refractivity contribution >= 4 is 11.2 Å². The fraction of sp³-hybridized carbons (Fsp3) is 0.500. The summed E-state index contributed by atoms with van der Waals surface area (Å²) in [5.41, 5.74) is 5.46. The first-order chi connectivity index (χ1) is 8.04. The van der Waals surface area contributed by atoms with Crippen molar-refractivity contribution in [2.75, 3.05) is 0 Å². The molecule has 0 saturated heterocycles. The standard InChI is InChI=1S/C10H15N5O2/c1-3-4-15-8-6(9(16)14-10(15)17)12-7(13-8)5(2)11/h5H,3-4,11H2,1-2H3,(H,12,13)(H,14,16,17). The highest BCUT2D eigenvalue weighted by Gasteiger charge is 2.13. The highest BCUT2D eigenvalue weighted by atomic mass is 16.2. The maximum absolute atomic E-state index is 11.6. The van der Waals surface area contributed by atoms with Crippen molar-refractivity contribution in [2.45, 2.75) is 32.9 Å². The summed E-state index contributed by atoms with van der Waals surface area (Å²) in [5.74, 6) is 0.501. The van der Waals surface area contributed by atoms with Gasteiger partial charge >= 0.3 is 5.69 Å². The summed E-state index contributed by atoms with van der Waals surface area (Å²) in [6.07, 6.45) is 0.779. The van der Waals surface area contributed by atoms with Crippen molar-refractivity contribution in [3.63, 3.8) is 0 Å². The van der Waals surface area contributed by atoms with E-state index in [0.29, 0.717) is 23.5 Å². The van der Waals surface area contributed by atoms with Crippen LogP contribution in [0.5, 0.6) is 0 Å². The minimum atomic E-state index is -0.461. The summed E-state index contributed by atoms with van der Waals surface area (Å²) in [7, 11) is 0. The van der Waals surface area contributed by atoms with Gasteiger partial charge in [-0.05, 0) is 13.3 Å². The van der Waals surface area contributed by atoms with E-state index in [4.69, 9.17) is 5.73 Å². The normalized spacial score (nSPS) is 13.1. The second-order valence-electron chi connectivity index (χ2n) is 4.02. The van der Waals surface area contributed by atoms with E-state index in [2.05, 4.69) is 15.0 Å². The Labute approximate surface area is 96.7 Å². The Bertz CT molecular complexity index is 649. The predicted molar refractivity (Wildman–Crippen MR) is 63.9 cm³/mol. The maximum Gasteiger partial charge on any atom is 0.330 e. The quantitative estimate of drug-likeness (QED) is 0.689. The molecule has 0 bridgehead atoms. The first-order valence-electron chi connectivity index (χ1n) is 5.53. The van der Waals surface area contributed by atoms with Crippen molar-refractivity contribution in [1.29, 1.82) is 0 Å². The van der Waals surface area contributed by atoms with E-state index in [1.165, 1.54) is 4.57 Å². The Morgan fingerprint density at radius 3 is 2.71 bits per heavy atom. The van der Waals surface area contributed by atoms with E-state index < -0.39 is 11.2 Å². The van der Waals surface area contributed by atoms with Gasteiger partial charge in [0.25, 0.3) is 5.56 Å². The van der Waals surface area contributed by atoms with Gasteiger partial charge in [-0.25, -0.2) is 9.78 Å². The van der Waals surface area contributed by atoms with Crippen molar-refractivity contribution < 1.29 is 0 Å². The summed E-state index contributed by atoms with van der Waals surface area (Å²) in [4.78, 5) is 32.6. The molecule has 2 rings (SSSR count). The summed E-state index contributed by atoms with van der Waals surface area (Å²) in [6, 6.07) is -0.313. The van der Waals surface area contributed by atoms with E-state index in [1.54, 1.807) is 6.92 Å². The van der Waals surface area contributed by atoms with Gasteiger partial charge in [-0.2, -0.15) is 0 Å². The number of imidazole rings is 1. The molecule has 1 unspecified atom stereocenters. The molecule has 7 heteroatoms. The van der Waals surface area contributed by atoms with Gasteiger partial charge in [-0.3, -0.25) is 14.3 Å². The minimum Gasteiger partial charge on any atom is -0.335 e. The van der Waals surface area contributed by atoms with Gasteiger partial charge in [-0.1, -0.05) is 6.92 Å². The number of hydrogen-bond acceptors (Lipinski definition) is 4. The lowest BCUT2D eigenvalue weighted by Gasteiger charge is -2.02. The molecule has 17 heavy (non-hydrogen) atoms. The van der Waals surface area contributed by atoms with E-state index in [-0.39, 0.29) is 6.04 Å². The highest BCUT2D eigenvalue weighted by Crippen LogP contribution is 2.10. The molecule has 2 heterocycles. The third kappa shape index (κ3) is 1.89. The first kappa shape index (κ1) is 11.6. The molecule has 4 N–H and O–H groups in total. The molecule has 0 aliphatic rings. The van der Waals surface area contributed by atoms with E-state index in [1.807, 2.05) is 6.92 Å². The van der Waals surface area contributed by atoms with Crippen LogP contribution >= 0.6 is 0 Å². The maximum atomic E-state index is 11.6. The van der Waals surface area contributed by atoms with E-state index >= 15 is 0 Å². The second kappa shape index (κ2) is 4.17. The number of nitrogens with zero attached hydrogens (tertiary/aromatic N) is 2. The molecule has 0 spiro atoms. The number of aromatic amines is 2. The Balaban J connectivity index is 2.80. The smallest absolute Gasteiger partial charge is 0.330 e. The molecule has 7 nitrogen and oxygen atoms in total. The Hall–Kier alpha value is -1.89. The van der Waals surface area contributed by atoms with Crippen LogP contribution in [0, 0.1) is 0 Å². The molecule has 0 amide bonds. The molecule has 0 aromatic carbocycles. The summed E-state index contributed by atoms with van der Waals surface area (Å²) in [6.45, 7) is 4.21. The van der Waals surface area contributed by atoms with Crippen molar-refractivity contribution in [3.05, 3.63) is 26.7 Å². The molecule has 0 aliphatic carbocycles. The zero-order valence-electron chi connectivity index (χ0n) is 9.78. The Morgan fingerprint density at radius 1 is 1.41 bits per heavy atom. The second-order valence-corrected chi connectivity index (χ2v) is 4.02. The van der Waals surface area contributed by atoms with Crippen LogP contribution in [0.1, 0.15) is 32.1 Å². The zero-order valence-corrected chi connectivity index (χ0v) is 9.78. The average molecular weight is 237 g/mol. The summed E-state index contributed by atoms with van der Waals surface area (Å²) in [5, 5.41) is 0. The van der Waals surface area contributed by atoms with Crippen LogP contribution in [0.3, 0.4) is 0 Å². The third-order valence-corrected chi connectivity index (χ3v) is 2.53. The van der Waals surface area contributed by atoms with Crippen LogP contribution in [0.25, 0.3) is 11.2 Å². The van der Waals surface area contributed by atoms with Gasteiger partial charge in [0.15, 0.2) is 5.65 Å². The van der Waals surface area contributed by atoms with Gasteiger partial charge in [0, 0.05) is 6.54 Å². The van der Waals surface area contributed by atoms with Crippen LogP contribution in [0.2, 0.25) is 0 Å². The van der Waals surface area contributed by atoms with Gasteiger partial charge in [-0.15, -0.1) is 0 Å². The lowest BCUT2D eigenvalue weighted by Crippen LogP contribution is -2.30. The number of fused-ring (bicyclic) bond motifs is 1. The van der Waals surface area contributed by atoms with Crippen LogP contribution in [0.4, 0.5) is 0 Å². The van der Waals surface area contributed by atoms with Gasteiger partial charge in [0.2, 0.25) is 0 Å². The number of nitrogens with two attached hydrogens (primary N) is 1. The number of aromatic nitrogens is 4. The van der Waals surface area contributed by atoms with Crippen LogP contribution < -0.4 is 17.0 Å². The Morgan fingerprint density at radius 2 is 2.12 bits per heavy atom. The summed E-state index contributed by atoms with van der Waals surface area (Å²) < 4.78 is 1.44. The molecule has 2 aromatic rings. The number of hydrogen-bond donors (Lipinski definition) is 3. The first-order valence-corrected chi connectivity index (χ1v) is 5.53. The predicted octanol–water partition coefficient (Wildman–Crippen LogP) is -0.157. The van der Waals surface area contributed by atoms with Crippen molar-refractivity contribution in [1.82, 2.24) is 19.5 Å². The summed E-state index contributed by atoms with van der Waals surface area (Å²) >= 11 is 0. The molecule has 1 atom stereocenters. The number of rotatable bonds is 3. The van der Waals surface area contributed by atoms with Gasteiger partial charge in [0.05, 0.1) is 6.04 Å². The molecule has 0 radical (unpaired) electrons. The fourth-order valence-electron chi connectivity index (χ4n) is 1.71. The third-order valence-electron chi connectivity index (χ3n) is 2.53. The molecular weight excluding hydrogens is 222 g/mol. The minimum absolute atomic E-state index is 0.297. The molecule has 0 saturated carbocycles. The van der Waals surface area contributed by atoms with E-state index in [0.717, 1.165) is 6.42 Å². The SMILES string of the molecule is CCCn1c(=O)[nH]c(=O)c2[nH]c(C(C)N)nc21. The van der Waals surface area contributed by atoms with Crippen molar-refractivity contribution in [2.24, 2.45) is 5.73 Å². The van der Waals surface area contributed by atoms with Gasteiger partial charge < -0.3 is 10.7 Å². The molecule has 2 aromatic heterocycles. The number of nitrogens with one attached hydrogen (secondary N) is 2. The Kier molecular flexibility index (Phi) is 2.84. The number of H-pyrrole nitrogens is 2. The topological polar surface area (TPSA) is 110 Å². The lowest BCUT2D eigenvalue weighted by atomic mass is 10.3. The molecule has 0 aliphatic heterocycles. The van der Waals surface area contributed by atoms with Crippen molar-refractivity contribution in [3.8, 4) is 0 Å². The highest BCUT2D eigenvalue weighted by molar-refractivity contribution is 5.69. The van der Waals surface area contributed by atoms with E-state index in [9.17, 15) is 9.59 Å². The fourth-order valence-corrected chi connectivity index (χ4v) is 1.71. The monoisotopic (exact) mass is 237 g/mol. The van der Waals surface area contributed by atoms with Crippen LogP contribution in [-0.4, -0.2) is 19.5 Å².